The van der Waals surface area contributed by atoms with Crippen LogP contribution in [0.15, 0.2) is 41.3 Å². The van der Waals surface area contributed by atoms with Crippen molar-refractivity contribution in [2.75, 3.05) is 25.5 Å². The van der Waals surface area contributed by atoms with Gasteiger partial charge in [-0.15, -0.1) is 0 Å². The summed E-state index contributed by atoms with van der Waals surface area (Å²) in [6.07, 6.45) is 0. The van der Waals surface area contributed by atoms with E-state index in [1.165, 1.54) is 37.4 Å². The molecule has 0 fully saturated rings. The third-order valence-corrected chi connectivity index (χ3v) is 6.40. The van der Waals surface area contributed by atoms with E-state index in [-0.39, 0.29) is 28.0 Å². The molecule has 2 aromatic carbocycles. The normalized spacial score (nSPS) is 11.5. The van der Waals surface area contributed by atoms with Crippen LogP contribution in [0.2, 0.25) is 15.1 Å². The van der Waals surface area contributed by atoms with Gasteiger partial charge in [0.15, 0.2) is 0 Å². The summed E-state index contributed by atoms with van der Waals surface area (Å²) in [6, 6.07) is 8.69. The number of ether oxygens (including phenoxy) is 1. The maximum Gasteiger partial charge on any atom is 0.243 e. The van der Waals surface area contributed by atoms with Crippen molar-refractivity contribution in [1.29, 1.82) is 0 Å². The van der Waals surface area contributed by atoms with E-state index >= 15 is 0 Å². The van der Waals surface area contributed by atoms with Gasteiger partial charge in [-0.2, -0.15) is 4.31 Å². The minimum absolute atomic E-state index is 0.0347. The van der Waals surface area contributed by atoms with E-state index < -0.39 is 15.9 Å². The second-order valence-corrected chi connectivity index (χ2v) is 8.59. The van der Waals surface area contributed by atoms with Crippen LogP contribution in [0, 0.1) is 0 Å². The molecule has 10 heteroatoms. The zero-order valence-electron chi connectivity index (χ0n) is 14.5. The molecule has 0 radical (unpaired) electrons. The Morgan fingerprint density at radius 3 is 2.37 bits per heavy atom. The molecule has 0 atom stereocenters. The Balaban J connectivity index is 2.19. The van der Waals surface area contributed by atoms with Crippen LogP contribution in [0.3, 0.4) is 0 Å². The van der Waals surface area contributed by atoms with Crippen molar-refractivity contribution in [3.05, 3.63) is 51.5 Å². The third kappa shape index (κ3) is 5.27. The molecule has 2 aromatic rings. The lowest BCUT2D eigenvalue weighted by Gasteiger charge is -2.20. The highest BCUT2D eigenvalue weighted by Crippen LogP contribution is 2.29. The largest absolute Gasteiger partial charge is 0.495 e. The van der Waals surface area contributed by atoms with Crippen molar-refractivity contribution in [2.45, 2.75) is 11.8 Å². The maximum absolute atomic E-state index is 12.8. The number of benzene rings is 2. The molecular weight excluding hydrogens is 435 g/mol. The molecule has 0 aliphatic carbocycles. The van der Waals surface area contributed by atoms with Gasteiger partial charge in [-0.3, -0.25) is 4.79 Å². The number of hydrogen-bond donors (Lipinski definition) is 1. The van der Waals surface area contributed by atoms with Crippen LogP contribution >= 0.6 is 34.8 Å². The molecule has 0 saturated carbocycles. The lowest BCUT2D eigenvalue weighted by atomic mass is 10.3. The lowest BCUT2D eigenvalue weighted by Crippen LogP contribution is -2.37. The number of likely N-dealkylation sites (N-methyl/N-ethyl adjacent to an activating group) is 1. The summed E-state index contributed by atoms with van der Waals surface area (Å²) >= 11 is 17.9. The zero-order valence-corrected chi connectivity index (χ0v) is 17.6. The van der Waals surface area contributed by atoms with Gasteiger partial charge in [0, 0.05) is 11.6 Å². The van der Waals surface area contributed by atoms with Crippen LogP contribution in [0.25, 0.3) is 0 Å². The molecule has 2 rings (SSSR count). The third-order valence-electron chi connectivity index (χ3n) is 3.64. The summed E-state index contributed by atoms with van der Waals surface area (Å²) in [5, 5.41) is 3.41. The predicted molar refractivity (Wildman–Crippen MR) is 108 cm³/mol. The van der Waals surface area contributed by atoms with Crippen LogP contribution in [0.1, 0.15) is 6.92 Å². The Kier molecular flexibility index (Phi) is 7.36. The summed E-state index contributed by atoms with van der Waals surface area (Å²) in [5.74, 6) is -0.182. The fourth-order valence-corrected chi connectivity index (χ4v) is 4.47. The van der Waals surface area contributed by atoms with E-state index in [0.717, 1.165) is 4.31 Å². The quantitative estimate of drug-likeness (QED) is 0.681. The smallest absolute Gasteiger partial charge is 0.243 e. The number of amides is 1. The number of sulfonamides is 1. The minimum atomic E-state index is -3.92. The minimum Gasteiger partial charge on any atom is -0.495 e. The average Bonchev–Trinajstić information content (AvgIpc) is 2.61. The zero-order chi connectivity index (χ0) is 20.2. The summed E-state index contributed by atoms with van der Waals surface area (Å²) in [7, 11) is -2.49. The summed E-state index contributed by atoms with van der Waals surface area (Å²) in [5.41, 5.74) is 0.340. The first-order valence-electron chi connectivity index (χ1n) is 7.77. The number of halogens is 3. The van der Waals surface area contributed by atoms with Gasteiger partial charge in [0.05, 0.1) is 34.3 Å². The van der Waals surface area contributed by atoms with Gasteiger partial charge >= 0.3 is 0 Å². The molecule has 1 amide bonds. The molecule has 0 saturated heterocycles. The van der Waals surface area contributed by atoms with Crippen LogP contribution < -0.4 is 10.1 Å². The number of hydrogen-bond acceptors (Lipinski definition) is 4. The van der Waals surface area contributed by atoms with Gasteiger partial charge in [0.25, 0.3) is 0 Å². The Bertz CT molecular complexity index is 951. The van der Waals surface area contributed by atoms with Crippen LogP contribution in [-0.4, -0.2) is 38.8 Å². The van der Waals surface area contributed by atoms with E-state index in [1.54, 1.807) is 13.0 Å². The van der Waals surface area contributed by atoms with E-state index in [2.05, 4.69) is 5.32 Å². The van der Waals surface area contributed by atoms with Crippen molar-refractivity contribution in [1.82, 2.24) is 4.31 Å². The Hall–Kier alpha value is -1.51. The fourth-order valence-electron chi connectivity index (χ4n) is 2.26. The molecule has 0 heterocycles. The molecule has 0 aliphatic rings. The van der Waals surface area contributed by atoms with E-state index in [4.69, 9.17) is 39.5 Å². The highest BCUT2D eigenvalue weighted by molar-refractivity contribution is 7.89. The first kappa shape index (κ1) is 21.8. The molecule has 27 heavy (non-hydrogen) atoms. The molecule has 0 unspecified atom stereocenters. The highest BCUT2D eigenvalue weighted by atomic mass is 35.5. The number of anilines is 1. The van der Waals surface area contributed by atoms with Crippen molar-refractivity contribution in [3.63, 3.8) is 0 Å². The van der Waals surface area contributed by atoms with Crippen molar-refractivity contribution < 1.29 is 17.9 Å². The van der Waals surface area contributed by atoms with Gasteiger partial charge < -0.3 is 10.1 Å². The highest BCUT2D eigenvalue weighted by Gasteiger charge is 2.26. The summed E-state index contributed by atoms with van der Waals surface area (Å²) in [4.78, 5) is 12.3. The molecule has 0 bridgehead atoms. The predicted octanol–water partition coefficient (Wildman–Crippen LogP) is 4.30. The van der Waals surface area contributed by atoms with Gasteiger partial charge in [-0.25, -0.2) is 8.42 Å². The monoisotopic (exact) mass is 450 g/mol. The van der Waals surface area contributed by atoms with Crippen molar-refractivity contribution in [3.8, 4) is 5.75 Å². The standard InChI is InChI=1S/C17H17Cl3N2O4S/c1-3-22(10-17(23)21-15-6-4-11(18)8-13(15)19)27(24,25)12-5-7-16(26-2)14(20)9-12/h4-9H,3,10H2,1-2H3,(H,21,23). The number of rotatable bonds is 7. The second-order valence-electron chi connectivity index (χ2n) is 5.40. The fraction of sp³-hybridized carbons (Fsp3) is 0.235. The van der Waals surface area contributed by atoms with Crippen molar-refractivity contribution in [2.24, 2.45) is 0 Å². The van der Waals surface area contributed by atoms with Crippen LogP contribution in [0.4, 0.5) is 5.69 Å². The molecule has 146 valence electrons. The first-order chi connectivity index (χ1) is 12.7. The molecule has 1 N–H and O–H groups in total. The van der Waals surface area contributed by atoms with Crippen molar-refractivity contribution >= 4 is 56.4 Å². The van der Waals surface area contributed by atoms with Gasteiger partial charge in [0.1, 0.15) is 5.75 Å². The second kappa shape index (κ2) is 9.12. The van der Waals surface area contributed by atoms with E-state index in [0.29, 0.717) is 16.5 Å². The Morgan fingerprint density at radius 2 is 1.81 bits per heavy atom. The number of carbonyl (C=O) groups is 1. The van der Waals surface area contributed by atoms with Crippen LogP contribution in [0.5, 0.6) is 5.75 Å². The Labute approximate surface area is 173 Å². The van der Waals surface area contributed by atoms with Crippen LogP contribution in [-0.2, 0) is 14.8 Å². The van der Waals surface area contributed by atoms with E-state index in [9.17, 15) is 13.2 Å². The maximum atomic E-state index is 12.8. The molecule has 0 aromatic heterocycles. The van der Waals surface area contributed by atoms with Gasteiger partial charge in [0.2, 0.25) is 15.9 Å². The molecule has 6 nitrogen and oxygen atoms in total. The first-order valence-corrected chi connectivity index (χ1v) is 10.3. The SMILES string of the molecule is CCN(CC(=O)Nc1ccc(Cl)cc1Cl)S(=O)(=O)c1ccc(OC)c(Cl)c1. The average molecular weight is 452 g/mol. The van der Waals surface area contributed by atoms with E-state index in [1.807, 2.05) is 0 Å². The van der Waals surface area contributed by atoms with Gasteiger partial charge in [-0.1, -0.05) is 41.7 Å². The number of methoxy groups -OCH3 is 1. The number of nitrogens with one attached hydrogen (secondary N) is 1. The summed E-state index contributed by atoms with van der Waals surface area (Å²) < 4.78 is 31.7. The van der Waals surface area contributed by atoms with Gasteiger partial charge in [-0.05, 0) is 36.4 Å². The number of carbonyl (C=O) groups excluding carboxylic acids is 1. The summed E-state index contributed by atoms with van der Waals surface area (Å²) in [6.45, 7) is 1.33. The lowest BCUT2D eigenvalue weighted by molar-refractivity contribution is -0.116. The Morgan fingerprint density at radius 1 is 1.11 bits per heavy atom. The number of nitrogens with zero attached hydrogens (tertiary/aromatic N) is 1. The molecule has 0 spiro atoms. The molecule has 0 aliphatic heterocycles. The molecular formula is C17H17Cl3N2O4S. The topological polar surface area (TPSA) is 75.7 Å².